The molecular formula is C14H16F3N3O3. The molecule has 126 valence electrons. The van der Waals surface area contributed by atoms with Crippen molar-refractivity contribution >= 4 is 16.9 Å². The molecular weight excluding hydrogens is 315 g/mol. The highest BCUT2D eigenvalue weighted by Gasteiger charge is 2.29. The van der Waals surface area contributed by atoms with Crippen LogP contribution in [-0.2, 0) is 6.54 Å². The van der Waals surface area contributed by atoms with Crippen LogP contribution in [0, 0.1) is 0 Å². The van der Waals surface area contributed by atoms with Gasteiger partial charge in [-0.25, -0.2) is 4.79 Å². The van der Waals surface area contributed by atoms with E-state index < -0.39 is 30.4 Å². The molecule has 1 atom stereocenters. The van der Waals surface area contributed by atoms with Crippen molar-refractivity contribution < 1.29 is 23.1 Å². The predicted molar refractivity (Wildman–Crippen MR) is 77.2 cm³/mol. The number of aromatic nitrogens is 2. The lowest BCUT2D eigenvalue weighted by Gasteiger charge is -2.14. The fraction of sp³-hybridized carbons (Fsp3) is 0.429. The Morgan fingerprint density at radius 3 is 2.70 bits per heavy atom. The average Bonchev–Trinajstić information content (AvgIpc) is 2.78. The van der Waals surface area contributed by atoms with E-state index in [-0.39, 0.29) is 23.2 Å². The number of carbonyl (C=O) groups is 1. The molecule has 0 saturated heterocycles. The first-order valence-electron chi connectivity index (χ1n) is 6.96. The summed E-state index contributed by atoms with van der Waals surface area (Å²) in [6.07, 6.45) is -3.99. The minimum Gasteiger partial charge on any atom is -0.394 e. The number of hydrogen-bond donors (Lipinski definition) is 3. The van der Waals surface area contributed by atoms with E-state index in [1.54, 1.807) is 6.92 Å². The van der Waals surface area contributed by atoms with Gasteiger partial charge in [0.2, 0.25) is 0 Å². The molecule has 0 radical (unpaired) electrons. The number of fused-ring (bicyclic) bond motifs is 1. The number of alkyl halides is 3. The number of nitrogens with one attached hydrogen (secondary N) is 2. The quantitative estimate of drug-likeness (QED) is 0.774. The molecule has 0 bridgehead atoms. The number of halogens is 3. The number of nitrogens with zero attached hydrogens (tertiary/aromatic N) is 1. The first-order chi connectivity index (χ1) is 10.7. The standard InChI is InChI=1S/C14H16F3N3O3/c1-2-9(6-21)18-12(22)8-3-4-11-10(5-8)19-13(23)20(11)7-14(15,16)17/h3-5,9,21H,2,6-7H2,1H3,(H,18,22)(H,19,23). The highest BCUT2D eigenvalue weighted by atomic mass is 19.4. The van der Waals surface area contributed by atoms with E-state index in [4.69, 9.17) is 5.11 Å². The van der Waals surface area contributed by atoms with Crippen LogP contribution in [0.5, 0.6) is 0 Å². The Bertz CT molecular complexity index is 760. The molecule has 2 aromatic rings. The molecule has 9 heteroatoms. The molecule has 1 unspecified atom stereocenters. The van der Waals surface area contributed by atoms with Gasteiger partial charge >= 0.3 is 11.9 Å². The van der Waals surface area contributed by atoms with Gasteiger partial charge in [-0.15, -0.1) is 0 Å². The van der Waals surface area contributed by atoms with Gasteiger partial charge in [0.25, 0.3) is 5.91 Å². The Balaban J connectivity index is 2.34. The van der Waals surface area contributed by atoms with Gasteiger partial charge in [-0.05, 0) is 24.6 Å². The molecule has 0 saturated carbocycles. The molecule has 0 aliphatic rings. The van der Waals surface area contributed by atoms with Gasteiger partial charge in [0.1, 0.15) is 6.54 Å². The van der Waals surface area contributed by atoms with Crippen LogP contribution in [-0.4, -0.2) is 39.4 Å². The summed E-state index contributed by atoms with van der Waals surface area (Å²) in [5, 5.41) is 11.7. The van der Waals surface area contributed by atoms with Crippen molar-refractivity contribution in [2.24, 2.45) is 0 Å². The zero-order valence-electron chi connectivity index (χ0n) is 12.3. The van der Waals surface area contributed by atoms with Crippen LogP contribution in [0.4, 0.5) is 13.2 Å². The second-order valence-corrected chi connectivity index (χ2v) is 5.12. The Kier molecular flexibility index (Phi) is 4.79. The molecule has 6 nitrogen and oxygen atoms in total. The van der Waals surface area contributed by atoms with Crippen molar-refractivity contribution in [1.82, 2.24) is 14.9 Å². The van der Waals surface area contributed by atoms with Crippen molar-refractivity contribution in [2.75, 3.05) is 6.61 Å². The lowest BCUT2D eigenvalue weighted by Crippen LogP contribution is -2.36. The van der Waals surface area contributed by atoms with E-state index in [9.17, 15) is 22.8 Å². The van der Waals surface area contributed by atoms with E-state index in [1.807, 2.05) is 0 Å². The van der Waals surface area contributed by atoms with Crippen LogP contribution >= 0.6 is 0 Å². The number of H-pyrrole nitrogens is 1. The molecule has 1 heterocycles. The molecule has 23 heavy (non-hydrogen) atoms. The van der Waals surface area contributed by atoms with E-state index in [1.165, 1.54) is 18.2 Å². The number of amides is 1. The second-order valence-electron chi connectivity index (χ2n) is 5.12. The minimum atomic E-state index is -4.52. The monoisotopic (exact) mass is 331 g/mol. The van der Waals surface area contributed by atoms with Gasteiger partial charge < -0.3 is 15.4 Å². The summed E-state index contributed by atoms with van der Waals surface area (Å²) in [6.45, 7) is 0.169. The zero-order chi connectivity index (χ0) is 17.2. The molecule has 0 spiro atoms. The summed E-state index contributed by atoms with van der Waals surface area (Å²) in [4.78, 5) is 26.0. The summed E-state index contributed by atoms with van der Waals surface area (Å²) in [7, 11) is 0. The topological polar surface area (TPSA) is 87.1 Å². The zero-order valence-corrected chi connectivity index (χ0v) is 12.3. The third kappa shape index (κ3) is 3.92. The van der Waals surface area contributed by atoms with Crippen LogP contribution in [0.3, 0.4) is 0 Å². The summed E-state index contributed by atoms with van der Waals surface area (Å²) in [5.74, 6) is -0.475. The number of aliphatic hydroxyl groups is 1. The van der Waals surface area contributed by atoms with Crippen molar-refractivity contribution in [3.8, 4) is 0 Å². The van der Waals surface area contributed by atoms with E-state index in [0.29, 0.717) is 11.0 Å². The number of carbonyl (C=O) groups excluding carboxylic acids is 1. The number of aliphatic hydroxyl groups excluding tert-OH is 1. The predicted octanol–water partition coefficient (Wildman–Crippen LogP) is 1.39. The van der Waals surface area contributed by atoms with Crippen LogP contribution in [0.1, 0.15) is 23.7 Å². The fourth-order valence-electron chi connectivity index (χ4n) is 2.19. The third-order valence-electron chi connectivity index (χ3n) is 3.42. The highest BCUT2D eigenvalue weighted by molar-refractivity contribution is 5.97. The Hall–Kier alpha value is -2.29. The summed E-state index contributed by atoms with van der Waals surface area (Å²) in [5.41, 5.74) is -0.497. The van der Waals surface area contributed by atoms with Crippen molar-refractivity contribution in [1.29, 1.82) is 0 Å². The third-order valence-corrected chi connectivity index (χ3v) is 3.42. The smallest absolute Gasteiger partial charge is 0.394 e. The fourth-order valence-corrected chi connectivity index (χ4v) is 2.19. The van der Waals surface area contributed by atoms with Crippen molar-refractivity contribution in [3.05, 3.63) is 34.2 Å². The van der Waals surface area contributed by atoms with Gasteiger partial charge in [-0.1, -0.05) is 6.92 Å². The Morgan fingerprint density at radius 1 is 1.43 bits per heavy atom. The van der Waals surface area contributed by atoms with Gasteiger partial charge in [-0.2, -0.15) is 13.2 Å². The molecule has 1 amide bonds. The number of imidazole rings is 1. The van der Waals surface area contributed by atoms with Crippen LogP contribution in [0.2, 0.25) is 0 Å². The average molecular weight is 331 g/mol. The number of aromatic amines is 1. The first kappa shape index (κ1) is 17.1. The summed E-state index contributed by atoms with van der Waals surface area (Å²) >= 11 is 0. The molecule has 1 aromatic carbocycles. The minimum absolute atomic E-state index is 0.0677. The van der Waals surface area contributed by atoms with Gasteiger partial charge in [-0.3, -0.25) is 9.36 Å². The van der Waals surface area contributed by atoms with Crippen molar-refractivity contribution in [3.63, 3.8) is 0 Å². The molecule has 3 N–H and O–H groups in total. The molecule has 1 aromatic heterocycles. The van der Waals surface area contributed by atoms with Gasteiger partial charge in [0, 0.05) is 5.56 Å². The van der Waals surface area contributed by atoms with Crippen LogP contribution in [0.25, 0.3) is 11.0 Å². The first-order valence-corrected chi connectivity index (χ1v) is 6.96. The Morgan fingerprint density at radius 2 is 2.13 bits per heavy atom. The maximum Gasteiger partial charge on any atom is 0.406 e. The number of hydrogen-bond acceptors (Lipinski definition) is 3. The normalized spacial score (nSPS) is 13.3. The number of benzene rings is 1. The number of rotatable bonds is 5. The van der Waals surface area contributed by atoms with Crippen LogP contribution in [0.15, 0.2) is 23.0 Å². The summed E-state index contributed by atoms with van der Waals surface area (Å²) in [6, 6.07) is 3.52. The second kappa shape index (κ2) is 6.45. The summed E-state index contributed by atoms with van der Waals surface area (Å²) < 4.78 is 38.1. The van der Waals surface area contributed by atoms with Crippen molar-refractivity contribution in [2.45, 2.75) is 32.1 Å². The molecule has 0 aliphatic carbocycles. The lowest BCUT2D eigenvalue weighted by atomic mass is 10.1. The van der Waals surface area contributed by atoms with E-state index in [2.05, 4.69) is 10.3 Å². The maximum atomic E-state index is 12.5. The lowest BCUT2D eigenvalue weighted by molar-refractivity contribution is -0.140. The van der Waals surface area contributed by atoms with E-state index >= 15 is 0 Å². The molecule has 2 rings (SSSR count). The highest BCUT2D eigenvalue weighted by Crippen LogP contribution is 2.20. The molecule has 0 aliphatic heterocycles. The van der Waals surface area contributed by atoms with Gasteiger partial charge in [0.15, 0.2) is 0 Å². The SMILES string of the molecule is CCC(CO)NC(=O)c1ccc2c(c1)[nH]c(=O)n2CC(F)(F)F. The molecule has 0 fully saturated rings. The largest absolute Gasteiger partial charge is 0.406 e. The Labute approximate surface area is 128 Å². The van der Waals surface area contributed by atoms with Crippen LogP contribution < -0.4 is 11.0 Å². The van der Waals surface area contributed by atoms with E-state index in [0.717, 1.165) is 0 Å². The maximum absolute atomic E-state index is 12.5. The van der Waals surface area contributed by atoms with Gasteiger partial charge in [0.05, 0.1) is 23.7 Å².